The average molecular weight is 536 g/mol. The molecule has 1 fully saturated rings. The van der Waals surface area contributed by atoms with E-state index in [0.717, 1.165) is 63.7 Å². The number of fused-ring (bicyclic) bond motifs is 1. The summed E-state index contributed by atoms with van der Waals surface area (Å²) in [6.07, 6.45) is 9.66. The first-order valence-corrected chi connectivity index (χ1v) is 13.5. The van der Waals surface area contributed by atoms with Crippen molar-refractivity contribution in [2.75, 3.05) is 19.3 Å². The van der Waals surface area contributed by atoms with Crippen molar-refractivity contribution in [3.8, 4) is 28.4 Å². The first-order valence-electron chi connectivity index (χ1n) is 13.5. The van der Waals surface area contributed by atoms with Gasteiger partial charge in [0.15, 0.2) is 0 Å². The molecule has 4 heterocycles. The number of benzene rings is 2. The van der Waals surface area contributed by atoms with Crippen LogP contribution in [0.5, 0.6) is 17.2 Å². The Hall–Kier alpha value is -4.50. The molecule has 204 valence electrons. The van der Waals surface area contributed by atoms with Gasteiger partial charge in [-0.1, -0.05) is 12.1 Å². The summed E-state index contributed by atoms with van der Waals surface area (Å²) in [5.41, 5.74) is 11.2. The van der Waals surface area contributed by atoms with Gasteiger partial charge in [0, 0.05) is 48.4 Å². The molecule has 9 nitrogen and oxygen atoms in total. The van der Waals surface area contributed by atoms with Crippen LogP contribution in [0.3, 0.4) is 0 Å². The van der Waals surface area contributed by atoms with Crippen molar-refractivity contribution in [2.45, 2.75) is 45.9 Å². The summed E-state index contributed by atoms with van der Waals surface area (Å²) in [7, 11) is 2.19. The summed E-state index contributed by atoms with van der Waals surface area (Å²) in [6, 6.07) is 14.4. The molecular weight excluding hydrogens is 502 g/mol. The average Bonchev–Trinajstić information content (AvgIpc) is 3.52. The molecule has 9 heteroatoms. The number of nitrogens with two attached hydrogens (primary N) is 1. The SMILES string of the molecule is Cc1cc(OCc2cnc(C)nc2)cc(Oc2ccc(-c3cn(C[C@H]4CCCN4C)c4ncnc(N)c34)cc2)c1. The predicted octanol–water partition coefficient (Wildman–Crippen LogP) is 5.55. The molecule has 0 amide bonds. The topological polar surface area (TPSA) is 104 Å². The molecule has 0 unspecified atom stereocenters. The fraction of sp³-hybridized carbons (Fsp3) is 0.290. The summed E-state index contributed by atoms with van der Waals surface area (Å²) < 4.78 is 14.4. The molecule has 3 aromatic heterocycles. The van der Waals surface area contributed by atoms with Gasteiger partial charge in [-0.25, -0.2) is 19.9 Å². The van der Waals surface area contributed by atoms with Gasteiger partial charge in [0.25, 0.3) is 0 Å². The molecule has 0 radical (unpaired) electrons. The number of likely N-dealkylation sites (tertiary alicyclic amines) is 1. The van der Waals surface area contributed by atoms with E-state index >= 15 is 0 Å². The first-order chi connectivity index (χ1) is 19.4. The van der Waals surface area contributed by atoms with E-state index in [9.17, 15) is 0 Å². The number of nitrogen functional groups attached to an aromatic ring is 1. The highest BCUT2D eigenvalue weighted by Gasteiger charge is 2.23. The molecule has 2 N–H and O–H groups in total. The van der Waals surface area contributed by atoms with Crippen LogP contribution in [0.2, 0.25) is 0 Å². The number of aryl methyl sites for hydroxylation is 2. The third-order valence-electron chi connectivity index (χ3n) is 7.43. The monoisotopic (exact) mass is 535 g/mol. The van der Waals surface area contributed by atoms with E-state index < -0.39 is 0 Å². The number of rotatable bonds is 8. The second-order valence-electron chi connectivity index (χ2n) is 10.5. The highest BCUT2D eigenvalue weighted by molar-refractivity contribution is 6.00. The summed E-state index contributed by atoms with van der Waals surface area (Å²) in [5, 5.41) is 0.885. The summed E-state index contributed by atoms with van der Waals surface area (Å²) in [5.74, 6) is 3.39. The maximum absolute atomic E-state index is 6.35. The minimum atomic E-state index is 0.384. The second-order valence-corrected chi connectivity index (χ2v) is 10.5. The maximum atomic E-state index is 6.35. The van der Waals surface area contributed by atoms with Crippen molar-refractivity contribution in [3.05, 3.63) is 84.3 Å². The van der Waals surface area contributed by atoms with Gasteiger partial charge in [0.05, 0.1) is 5.39 Å². The van der Waals surface area contributed by atoms with Crippen molar-refractivity contribution in [1.29, 1.82) is 0 Å². The highest BCUT2D eigenvalue weighted by Crippen LogP contribution is 2.35. The fourth-order valence-corrected chi connectivity index (χ4v) is 5.30. The Balaban J connectivity index is 1.21. The van der Waals surface area contributed by atoms with Crippen molar-refractivity contribution < 1.29 is 9.47 Å². The normalized spacial score (nSPS) is 15.5. The zero-order valence-electron chi connectivity index (χ0n) is 23.0. The summed E-state index contributed by atoms with van der Waals surface area (Å²) in [4.78, 5) is 19.7. The molecule has 1 aliphatic rings. The molecule has 0 spiro atoms. The second kappa shape index (κ2) is 10.9. The third kappa shape index (κ3) is 5.46. The maximum Gasteiger partial charge on any atom is 0.146 e. The van der Waals surface area contributed by atoms with Gasteiger partial charge >= 0.3 is 0 Å². The summed E-state index contributed by atoms with van der Waals surface area (Å²) >= 11 is 0. The van der Waals surface area contributed by atoms with Crippen LogP contribution in [0.15, 0.2) is 67.4 Å². The Bertz CT molecular complexity index is 1630. The predicted molar refractivity (Wildman–Crippen MR) is 155 cm³/mol. The van der Waals surface area contributed by atoms with Crippen LogP contribution >= 0.6 is 0 Å². The lowest BCUT2D eigenvalue weighted by Gasteiger charge is -2.20. The molecular formula is C31H33N7O2. The van der Waals surface area contributed by atoms with E-state index in [1.165, 1.54) is 12.8 Å². The molecule has 1 atom stereocenters. The van der Waals surface area contributed by atoms with Crippen LogP contribution < -0.4 is 15.2 Å². The largest absolute Gasteiger partial charge is 0.489 e. The van der Waals surface area contributed by atoms with E-state index in [0.29, 0.717) is 24.2 Å². The van der Waals surface area contributed by atoms with E-state index in [1.807, 2.05) is 56.3 Å². The number of aromatic nitrogens is 5. The van der Waals surface area contributed by atoms with Crippen LogP contribution in [-0.4, -0.2) is 49.0 Å². The minimum absolute atomic E-state index is 0.384. The Labute approximate surface area is 233 Å². The number of anilines is 1. The van der Waals surface area contributed by atoms with E-state index in [4.69, 9.17) is 15.2 Å². The number of hydrogen-bond donors (Lipinski definition) is 1. The van der Waals surface area contributed by atoms with Crippen molar-refractivity contribution >= 4 is 16.9 Å². The Morgan fingerprint density at radius 1 is 0.950 bits per heavy atom. The van der Waals surface area contributed by atoms with Gasteiger partial charge in [0.2, 0.25) is 0 Å². The summed E-state index contributed by atoms with van der Waals surface area (Å²) in [6.45, 7) is 6.27. The van der Waals surface area contributed by atoms with Crippen LogP contribution in [0, 0.1) is 13.8 Å². The van der Waals surface area contributed by atoms with Gasteiger partial charge in [-0.05, 0) is 75.7 Å². The van der Waals surface area contributed by atoms with E-state index in [1.54, 1.807) is 18.7 Å². The number of ether oxygens (including phenoxy) is 2. The van der Waals surface area contributed by atoms with Gasteiger partial charge in [-0.15, -0.1) is 0 Å². The van der Waals surface area contributed by atoms with Crippen LogP contribution in [0.1, 0.15) is 29.8 Å². The van der Waals surface area contributed by atoms with E-state index in [-0.39, 0.29) is 0 Å². The zero-order valence-corrected chi connectivity index (χ0v) is 23.0. The van der Waals surface area contributed by atoms with Gasteiger partial charge in [0.1, 0.15) is 47.5 Å². The molecule has 0 saturated carbocycles. The van der Waals surface area contributed by atoms with Crippen molar-refractivity contribution in [1.82, 2.24) is 29.4 Å². The lowest BCUT2D eigenvalue weighted by atomic mass is 10.1. The molecule has 40 heavy (non-hydrogen) atoms. The Morgan fingerprint density at radius 3 is 2.48 bits per heavy atom. The van der Waals surface area contributed by atoms with E-state index in [2.05, 4.69) is 42.6 Å². The minimum Gasteiger partial charge on any atom is -0.489 e. The van der Waals surface area contributed by atoms with Crippen molar-refractivity contribution in [3.63, 3.8) is 0 Å². The zero-order chi connectivity index (χ0) is 27.6. The highest BCUT2D eigenvalue weighted by atomic mass is 16.5. The molecule has 0 bridgehead atoms. The smallest absolute Gasteiger partial charge is 0.146 e. The fourth-order valence-electron chi connectivity index (χ4n) is 5.30. The van der Waals surface area contributed by atoms with Crippen LogP contribution in [-0.2, 0) is 13.2 Å². The molecule has 0 aliphatic carbocycles. The van der Waals surface area contributed by atoms with Crippen molar-refractivity contribution in [2.24, 2.45) is 0 Å². The van der Waals surface area contributed by atoms with Crippen LogP contribution in [0.25, 0.3) is 22.2 Å². The quantitative estimate of drug-likeness (QED) is 0.276. The standard InChI is InChI=1S/C31H33N7O2/c1-20-11-26(39-18-22-14-33-21(2)34-15-22)13-27(12-20)40-25-8-6-23(7-9-25)28-17-38(16-24-5-4-10-37(24)3)31-29(28)30(32)35-19-36-31/h6-9,11-15,17,19,24H,4-5,10,16,18H2,1-3H3,(H2,32,35,36)/t24-/m1/s1. The lowest BCUT2D eigenvalue weighted by Crippen LogP contribution is -2.29. The number of nitrogens with zero attached hydrogens (tertiary/aromatic N) is 6. The number of hydrogen-bond acceptors (Lipinski definition) is 8. The molecule has 6 rings (SSSR count). The first kappa shape index (κ1) is 25.8. The Morgan fingerprint density at radius 2 is 1.73 bits per heavy atom. The molecule has 2 aromatic carbocycles. The van der Waals surface area contributed by atoms with Gasteiger partial charge in [-0.3, -0.25) is 0 Å². The number of likely N-dealkylation sites (N-methyl/N-ethyl adjacent to an activating group) is 1. The van der Waals surface area contributed by atoms with Gasteiger partial charge < -0.3 is 24.7 Å². The van der Waals surface area contributed by atoms with Crippen LogP contribution in [0.4, 0.5) is 5.82 Å². The molecule has 5 aromatic rings. The molecule has 1 saturated heterocycles. The lowest BCUT2D eigenvalue weighted by molar-refractivity contribution is 0.284. The third-order valence-corrected chi connectivity index (χ3v) is 7.43. The van der Waals surface area contributed by atoms with Gasteiger partial charge in [-0.2, -0.15) is 0 Å². The molecule has 1 aliphatic heterocycles. The Kier molecular flexibility index (Phi) is 7.04.